The molecule has 2 aromatic rings. The highest BCUT2D eigenvalue weighted by atomic mass is 16.2. The number of hydrogen-bond donors (Lipinski definition) is 2. The molecule has 2 aliphatic rings. The van der Waals surface area contributed by atoms with Gasteiger partial charge in [0.25, 0.3) is 5.91 Å². The molecule has 2 amide bonds. The van der Waals surface area contributed by atoms with Crippen LogP contribution < -0.4 is 10.6 Å². The van der Waals surface area contributed by atoms with E-state index in [-0.39, 0.29) is 17.9 Å². The van der Waals surface area contributed by atoms with E-state index in [0.29, 0.717) is 24.6 Å². The third kappa shape index (κ3) is 4.25. The van der Waals surface area contributed by atoms with Crippen molar-refractivity contribution < 1.29 is 9.59 Å². The van der Waals surface area contributed by atoms with Crippen molar-refractivity contribution in [1.82, 2.24) is 25.1 Å². The van der Waals surface area contributed by atoms with Gasteiger partial charge in [-0.2, -0.15) is 0 Å². The number of nitrogens with zero attached hydrogens (tertiary/aromatic N) is 3. The number of benzene rings is 1. The molecular weight excluding hydrogens is 354 g/mol. The monoisotopic (exact) mass is 381 g/mol. The van der Waals surface area contributed by atoms with Crippen molar-refractivity contribution in [3.63, 3.8) is 0 Å². The van der Waals surface area contributed by atoms with Crippen molar-refractivity contribution in [1.29, 1.82) is 0 Å². The van der Waals surface area contributed by atoms with Crippen molar-refractivity contribution in [3.05, 3.63) is 48.5 Å². The molecule has 148 valence electrons. The maximum atomic E-state index is 12.9. The molecule has 1 aromatic heterocycles. The van der Waals surface area contributed by atoms with E-state index in [9.17, 15) is 9.59 Å². The summed E-state index contributed by atoms with van der Waals surface area (Å²) in [7, 11) is 0. The number of piperidine rings is 1. The first-order valence-corrected chi connectivity index (χ1v) is 10.1. The lowest BCUT2D eigenvalue weighted by atomic mass is 9.97. The number of likely N-dealkylation sites (tertiary alicyclic amines) is 1. The van der Waals surface area contributed by atoms with Gasteiger partial charge in [0.1, 0.15) is 0 Å². The van der Waals surface area contributed by atoms with E-state index < -0.39 is 0 Å². The summed E-state index contributed by atoms with van der Waals surface area (Å²) in [6.07, 6.45) is 9.33. The van der Waals surface area contributed by atoms with E-state index in [0.717, 1.165) is 44.5 Å². The van der Waals surface area contributed by atoms with Crippen molar-refractivity contribution in [2.24, 2.45) is 5.92 Å². The molecule has 2 aliphatic heterocycles. The summed E-state index contributed by atoms with van der Waals surface area (Å²) in [5, 5.41) is 6.29. The Kier molecular flexibility index (Phi) is 5.71. The summed E-state index contributed by atoms with van der Waals surface area (Å²) in [4.78, 5) is 31.1. The zero-order valence-electron chi connectivity index (χ0n) is 16.0. The predicted octanol–water partition coefficient (Wildman–Crippen LogP) is 1.59. The fraction of sp³-hybridized carbons (Fsp3) is 0.476. The van der Waals surface area contributed by atoms with Crippen LogP contribution in [0.25, 0.3) is 5.69 Å². The maximum Gasteiger partial charge on any atom is 0.253 e. The van der Waals surface area contributed by atoms with Gasteiger partial charge >= 0.3 is 0 Å². The first-order chi connectivity index (χ1) is 13.7. The minimum absolute atomic E-state index is 0.0460. The van der Waals surface area contributed by atoms with Gasteiger partial charge in [-0.15, -0.1) is 0 Å². The summed E-state index contributed by atoms with van der Waals surface area (Å²) in [6.45, 7) is 3.03. The molecule has 0 bridgehead atoms. The zero-order chi connectivity index (χ0) is 19.3. The molecule has 2 atom stereocenters. The van der Waals surface area contributed by atoms with Crippen LogP contribution in [-0.4, -0.2) is 58.5 Å². The van der Waals surface area contributed by atoms with Crippen LogP contribution in [0.2, 0.25) is 0 Å². The molecule has 7 heteroatoms. The summed E-state index contributed by atoms with van der Waals surface area (Å²) in [6, 6.07) is 7.57. The molecule has 2 saturated heterocycles. The van der Waals surface area contributed by atoms with Crippen LogP contribution in [0.4, 0.5) is 0 Å². The summed E-state index contributed by atoms with van der Waals surface area (Å²) in [5.41, 5.74) is 1.68. The lowest BCUT2D eigenvalue weighted by molar-refractivity contribution is -0.123. The van der Waals surface area contributed by atoms with Gasteiger partial charge in [0.05, 0.1) is 12.4 Å². The Balaban J connectivity index is 1.32. The second-order valence-electron chi connectivity index (χ2n) is 7.67. The number of carbonyl (C=O) groups excluding carboxylic acids is 2. The molecular formula is C21H27N5O2. The van der Waals surface area contributed by atoms with Gasteiger partial charge in [0.15, 0.2) is 0 Å². The fourth-order valence-corrected chi connectivity index (χ4v) is 4.06. The van der Waals surface area contributed by atoms with Crippen LogP contribution in [0.15, 0.2) is 43.0 Å². The van der Waals surface area contributed by atoms with Crippen LogP contribution in [0.1, 0.15) is 36.0 Å². The normalized spacial score (nSPS) is 22.2. The minimum atomic E-state index is -0.0460. The Hall–Kier alpha value is -2.67. The van der Waals surface area contributed by atoms with Crippen LogP contribution in [0, 0.1) is 5.92 Å². The zero-order valence-corrected chi connectivity index (χ0v) is 16.0. The van der Waals surface area contributed by atoms with Crippen LogP contribution in [0.3, 0.4) is 0 Å². The SMILES string of the molecule is O=C(NCC1CCCN(C(=O)c2ccc(-n3ccnc3)cc2)C1)C1CCCN1. The molecule has 1 aromatic carbocycles. The largest absolute Gasteiger partial charge is 0.354 e. The average molecular weight is 381 g/mol. The Labute approximate surface area is 165 Å². The molecule has 28 heavy (non-hydrogen) atoms. The smallest absolute Gasteiger partial charge is 0.253 e. The van der Waals surface area contributed by atoms with Crippen LogP contribution in [-0.2, 0) is 4.79 Å². The van der Waals surface area contributed by atoms with E-state index in [1.165, 1.54) is 0 Å². The van der Waals surface area contributed by atoms with E-state index in [2.05, 4.69) is 15.6 Å². The highest BCUT2D eigenvalue weighted by molar-refractivity contribution is 5.94. The summed E-state index contributed by atoms with van der Waals surface area (Å²) < 4.78 is 1.91. The van der Waals surface area contributed by atoms with Gasteiger partial charge < -0.3 is 20.1 Å². The number of rotatable bonds is 5. The Bertz CT molecular complexity index is 797. The standard InChI is InChI=1S/C21H27N5O2/c27-20(19-4-1-9-23-19)24-13-16-3-2-11-25(14-16)21(28)17-5-7-18(8-6-17)26-12-10-22-15-26/h5-8,10,12,15-16,19,23H,1-4,9,11,13-14H2,(H,24,27). The van der Waals surface area contributed by atoms with E-state index >= 15 is 0 Å². The molecule has 4 rings (SSSR count). The van der Waals surface area contributed by atoms with E-state index in [4.69, 9.17) is 0 Å². The van der Waals surface area contributed by atoms with Gasteiger partial charge in [-0.3, -0.25) is 9.59 Å². The van der Waals surface area contributed by atoms with E-state index in [1.807, 2.05) is 39.9 Å². The predicted molar refractivity (Wildman–Crippen MR) is 106 cm³/mol. The number of hydrogen-bond acceptors (Lipinski definition) is 4. The highest BCUT2D eigenvalue weighted by Gasteiger charge is 2.26. The molecule has 0 aliphatic carbocycles. The summed E-state index contributed by atoms with van der Waals surface area (Å²) in [5.74, 6) is 0.468. The van der Waals surface area contributed by atoms with Gasteiger partial charge in [-0.1, -0.05) is 0 Å². The molecule has 7 nitrogen and oxygen atoms in total. The molecule has 0 radical (unpaired) electrons. The molecule has 0 spiro atoms. The van der Waals surface area contributed by atoms with Crippen molar-refractivity contribution in [2.75, 3.05) is 26.2 Å². The van der Waals surface area contributed by atoms with E-state index in [1.54, 1.807) is 12.5 Å². The number of amides is 2. The lowest BCUT2D eigenvalue weighted by Gasteiger charge is -2.33. The lowest BCUT2D eigenvalue weighted by Crippen LogP contribution is -2.46. The fourth-order valence-electron chi connectivity index (χ4n) is 4.06. The number of aromatic nitrogens is 2. The quantitative estimate of drug-likeness (QED) is 0.824. The maximum absolute atomic E-state index is 12.9. The Morgan fingerprint density at radius 3 is 2.75 bits per heavy atom. The number of imidazole rings is 1. The van der Waals surface area contributed by atoms with Crippen molar-refractivity contribution in [3.8, 4) is 5.69 Å². The van der Waals surface area contributed by atoms with Gasteiger partial charge in [-0.05, 0) is 62.4 Å². The topological polar surface area (TPSA) is 79.3 Å². The molecule has 2 unspecified atom stereocenters. The third-order valence-electron chi connectivity index (χ3n) is 5.66. The average Bonchev–Trinajstić information content (AvgIpc) is 3.46. The van der Waals surface area contributed by atoms with Crippen molar-refractivity contribution in [2.45, 2.75) is 31.7 Å². The number of carbonyl (C=O) groups is 2. The molecule has 3 heterocycles. The number of nitrogens with one attached hydrogen (secondary N) is 2. The Morgan fingerprint density at radius 2 is 2.04 bits per heavy atom. The molecule has 2 N–H and O–H groups in total. The van der Waals surface area contributed by atoms with Gasteiger partial charge in [-0.25, -0.2) is 4.98 Å². The van der Waals surface area contributed by atoms with Crippen molar-refractivity contribution >= 4 is 11.8 Å². The van der Waals surface area contributed by atoms with Gasteiger partial charge in [0.2, 0.25) is 5.91 Å². The van der Waals surface area contributed by atoms with Gasteiger partial charge in [0, 0.05) is 43.3 Å². The third-order valence-corrected chi connectivity index (χ3v) is 5.66. The highest BCUT2D eigenvalue weighted by Crippen LogP contribution is 2.19. The molecule has 2 fully saturated rings. The second kappa shape index (κ2) is 8.56. The minimum Gasteiger partial charge on any atom is -0.354 e. The summed E-state index contributed by atoms with van der Waals surface area (Å²) >= 11 is 0. The molecule has 0 saturated carbocycles. The van der Waals surface area contributed by atoms with Crippen LogP contribution >= 0.6 is 0 Å². The first-order valence-electron chi connectivity index (χ1n) is 10.1. The first kappa shape index (κ1) is 18.7. The second-order valence-corrected chi connectivity index (χ2v) is 7.67. The Morgan fingerprint density at radius 1 is 1.18 bits per heavy atom. The van der Waals surface area contributed by atoms with Crippen LogP contribution in [0.5, 0.6) is 0 Å².